The molecule has 2 aliphatic heterocycles. The molecule has 2 unspecified atom stereocenters. The summed E-state index contributed by atoms with van der Waals surface area (Å²) in [6.07, 6.45) is 1.83. The highest BCUT2D eigenvalue weighted by atomic mass is 16.6. The van der Waals surface area contributed by atoms with Gasteiger partial charge in [0.15, 0.2) is 0 Å². The van der Waals surface area contributed by atoms with Gasteiger partial charge in [-0.3, -0.25) is 29.5 Å². The van der Waals surface area contributed by atoms with Crippen molar-refractivity contribution in [2.75, 3.05) is 35.7 Å². The van der Waals surface area contributed by atoms with E-state index in [9.17, 15) is 24.5 Å². The molecule has 2 aliphatic rings. The number of carbonyl (C=O) groups excluding carboxylic acids is 2. The molecule has 2 aromatic rings. The highest BCUT2D eigenvalue weighted by Crippen LogP contribution is 2.33. The first kappa shape index (κ1) is 22.2. The number of nitro groups is 1. The Bertz CT molecular complexity index is 1180. The molecule has 2 atom stereocenters. The van der Waals surface area contributed by atoms with Gasteiger partial charge >= 0.3 is 0 Å². The van der Waals surface area contributed by atoms with Crippen LogP contribution in [0.25, 0.3) is 0 Å². The first-order chi connectivity index (χ1) is 15.8. The third-order valence-electron chi connectivity index (χ3n) is 5.87. The predicted octanol–water partition coefficient (Wildman–Crippen LogP) is 1.99. The van der Waals surface area contributed by atoms with Gasteiger partial charge in [-0.25, -0.2) is 0 Å². The fraction of sp³-hybridized carbons (Fsp3) is 0.429. The Morgan fingerprint density at radius 2 is 2.15 bits per heavy atom. The Labute approximate surface area is 188 Å². The average Bonchev–Trinajstić information content (AvgIpc) is 2.78. The molecule has 3 heterocycles. The first-order valence-corrected chi connectivity index (χ1v) is 10.6. The molecule has 1 aromatic heterocycles. The molecule has 12 heteroatoms. The molecule has 2 amide bonds. The van der Waals surface area contributed by atoms with Gasteiger partial charge in [-0.15, -0.1) is 0 Å². The largest absolute Gasteiger partial charge is 0.494 e. The number of hydrogen-bond acceptors (Lipinski definition) is 8. The lowest BCUT2D eigenvalue weighted by molar-refractivity contribution is -0.384. The number of aromatic nitrogens is 2. The van der Waals surface area contributed by atoms with E-state index < -0.39 is 28.2 Å². The van der Waals surface area contributed by atoms with Gasteiger partial charge in [-0.05, 0) is 24.8 Å². The van der Waals surface area contributed by atoms with E-state index in [0.29, 0.717) is 11.9 Å². The number of rotatable bonds is 5. The number of anilines is 3. The second-order valence-electron chi connectivity index (χ2n) is 8.28. The number of hydrogen-bond donors (Lipinski definition) is 3. The number of benzene rings is 1. The van der Waals surface area contributed by atoms with E-state index in [-0.39, 0.29) is 34.9 Å². The molecule has 0 bridgehead atoms. The lowest BCUT2D eigenvalue weighted by Crippen LogP contribution is -2.40. The van der Waals surface area contributed by atoms with E-state index in [1.807, 2.05) is 4.90 Å². The molecule has 12 nitrogen and oxygen atoms in total. The van der Waals surface area contributed by atoms with Crippen molar-refractivity contribution in [2.45, 2.75) is 32.1 Å². The Balaban J connectivity index is 1.64. The molecule has 1 aromatic carbocycles. The molecule has 0 saturated carbocycles. The summed E-state index contributed by atoms with van der Waals surface area (Å²) in [6, 6.07) is 3.74. The number of H-pyrrole nitrogens is 1. The minimum atomic E-state index is -1.08. The second kappa shape index (κ2) is 8.88. The number of fused-ring (bicyclic) bond motifs is 1. The number of piperidine rings is 1. The van der Waals surface area contributed by atoms with Crippen LogP contribution in [0.2, 0.25) is 0 Å². The Kier molecular flexibility index (Phi) is 5.99. The molecule has 1 saturated heterocycles. The minimum Gasteiger partial charge on any atom is -0.494 e. The molecule has 0 spiro atoms. The van der Waals surface area contributed by atoms with Gasteiger partial charge in [-0.1, -0.05) is 6.92 Å². The van der Waals surface area contributed by atoms with Crippen LogP contribution in [0.1, 0.15) is 37.7 Å². The fourth-order valence-electron chi connectivity index (χ4n) is 4.23. The molecule has 33 heavy (non-hydrogen) atoms. The molecular formula is C21H24N6O6. The molecule has 1 fully saturated rings. The quantitative estimate of drug-likeness (QED) is 0.455. The zero-order valence-electron chi connectivity index (χ0n) is 18.2. The summed E-state index contributed by atoms with van der Waals surface area (Å²) in [4.78, 5) is 58.0. The molecule has 174 valence electrons. The Morgan fingerprint density at radius 1 is 1.36 bits per heavy atom. The van der Waals surface area contributed by atoms with Crippen LogP contribution in [0.15, 0.2) is 23.0 Å². The van der Waals surface area contributed by atoms with E-state index >= 15 is 0 Å². The predicted molar refractivity (Wildman–Crippen MR) is 120 cm³/mol. The maximum Gasteiger partial charge on any atom is 0.273 e. The van der Waals surface area contributed by atoms with Gasteiger partial charge in [-0.2, -0.15) is 4.98 Å². The maximum atomic E-state index is 13.1. The Hall–Kier alpha value is -3.96. The van der Waals surface area contributed by atoms with E-state index in [1.54, 1.807) is 0 Å². The molecule has 0 aliphatic carbocycles. The monoisotopic (exact) mass is 456 g/mol. The summed E-state index contributed by atoms with van der Waals surface area (Å²) < 4.78 is 5.15. The number of ether oxygens (including phenoxy) is 1. The number of carbonyl (C=O) groups is 2. The van der Waals surface area contributed by atoms with E-state index in [2.05, 4.69) is 27.5 Å². The smallest absolute Gasteiger partial charge is 0.273 e. The van der Waals surface area contributed by atoms with Gasteiger partial charge in [0.25, 0.3) is 11.2 Å². The van der Waals surface area contributed by atoms with Gasteiger partial charge in [0.2, 0.25) is 17.8 Å². The van der Waals surface area contributed by atoms with Crippen LogP contribution in [0, 0.1) is 16.0 Å². The van der Waals surface area contributed by atoms with E-state index in [4.69, 9.17) is 4.74 Å². The van der Waals surface area contributed by atoms with Crippen LogP contribution in [-0.2, 0) is 9.59 Å². The lowest BCUT2D eigenvalue weighted by atomic mass is 9.92. The zero-order valence-corrected chi connectivity index (χ0v) is 18.2. The summed E-state index contributed by atoms with van der Waals surface area (Å²) in [5, 5.41) is 16.2. The van der Waals surface area contributed by atoms with Crippen LogP contribution in [-0.4, -0.2) is 46.9 Å². The number of nitrogens with zero attached hydrogens (tertiary/aromatic N) is 3. The third kappa shape index (κ3) is 4.49. The second-order valence-corrected chi connectivity index (χ2v) is 8.28. The first-order valence-electron chi connectivity index (χ1n) is 10.6. The number of methoxy groups -OCH3 is 1. The maximum absolute atomic E-state index is 13.1. The van der Waals surface area contributed by atoms with Gasteiger partial charge in [0.05, 0.1) is 35.3 Å². The lowest BCUT2D eigenvalue weighted by Gasteiger charge is -2.32. The normalized spacial score (nSPS) is 19.9. The van der Waals surface area contributed by atoms with Crippen molar-refractivity contribution in [3.63, 3.8) is 0 Å². The van der Waals surface area contributed by atoms with Crippen molar-refractivity contribution in [3.05, 3.63) is 44.2 Å². The number of nitro benzene ring substituents is 1. The molecule has 4 rings (SSSR count). The number of non-ortho nitro benzene ring substituents is 1. The fourth-order valence-corrected chi connectivity index (χ4v) is 4.23. The van der Waals surface area contributed by atoms with Crippen molar-refractivity contribution in [1.29, 1.82) is 0 Å². The van der Waals surface area contributed by atoms with Crippen molar-refractivity contribution < 1.29 is 19.2 Å². The summed E-state index contributed by atoms with van der Waals surface area (Å²) in [7, 11) is 1.32. The van der Waals surface area contributed by atoms with Gasteiger partial charge < -0.3 is 20.3 Å². The average molecular weight is 456 g/mol. The number of nitrogens with one attached hydrogen (secondary N) is 3. The van der Waals surface area contributed by atoms with Crippen LogP contribution in [0.4, 0.5) is 23.1 Å². The van der Waals surface area contributed by atoms with Crippen LogP contribution in [0.3, 0.4) is 0 Å². The van der Waals surface area contributed by atoms with Crippen molar-refractivity contribution in [2.24, 2.45) is 5.92 Å². The molecule has 0 radical (unpaired) electrons. The minimum absolute atomic E-state index is 0.0686. The van der Waals surface area contributed by atoms with Crippen LogP contribution < -0.4 is 25.8 Å². The van der Waals surface area contributed by atoms with Crippen molar-refractivity contribution in [1.82, 2.24) is 9.97 Å². The van der Waals surface area contributed by atoms with E-state index in [0.717, 1.165) is 25.9 Å². The summed E-state index contributed by atoms with van der Waals surface area (Å²) in [5.74, 6) is -1.18. The number of aromatic amines is 1. The summed E-state index contributed by atoms with van der Waals surface area (Å²) >= 11 is 0. The summed E-state index contributed by atoms with van der Waals surface area (Å²) in [6.45, 7) is 3.60. The third-order valence-corrected chi connectivity index (χ3v) is 5.87. The topological polar surface area (TPSA) is 160 Å². The van der Waals surface area contributed by atoms with Gasteiger partial charge in [0.1, 0.15) is 11.6 Å². The van der Waals surface area contributed by atoms with Gasteiger partial charge in [0, 0.05) is 25.6 Å². The van der Waals surface area contributed by atoms with Crippen molar-refractivity contribution in [3.8, 4) is 5.75 Å². The van der Waals surface area contributed by atoms with Crippen LogP contribution in [0.5, 0.6) is 5.75 Å². The summed E-state index contributed by atoms with van der Waals surface area (Å²) in [5.41, 5.74) is -0.442. The molecular weight excluding hydrogens is 432 g/mol. The van der Waals surface area contributed by atoms with Crippen LogP contribution >= 0.6 is 0 Å². The SMILES string of the molecule is COc1cc([N+](=O)[O-])ccc1NC(=O)C1CC(=O)Nc2nc(N3CCCC(C)C3)[nH]c(=O)c21. The Morgan fingerprint density at radius 3 is 2.85 bits per heavy atom. The zero-order chi connectivity index (χ0) is 23.7. The van der Waals surface area contributed by atoms with E-state index in [1.165, 1.54) is 25.3 Å². The number of amides is 2. The molecule has 3 N–H and O–H groups in total. The highest BCUT2D eigenvalue weighted by molar-refractivity contribution is 6.05. The van der Waals surface area contributed by atoms with Crippen molar-refractivity contribution >= 4 is 35.0 Å². The standard InChI is InChI=1S/C21H24N6O6/c1-11-4-3-7-26(10-11)21-24-18-17(20(30)25-21)13(9-16(28)23-18)19(29)22-14-6-5-12(27(31)32)8-15(14)33-2/h5-6,8,11,13H,3-4,7,9-10H2,1-2H3,(H,22,29)(H2,23,24,25,28,30). The highest BCUT2D eigenvalue weighted by Gasteiger charge is 2.35.